The third-order valence-electron chi connectivity index (χ3n) is 5.82. The molecule has 0 saturated carbocycles. The minimum atomic E-state index is -0.142. The first-order valence-electron chi connectivity index (χ1n) is 10.8. The molecule has 2 fully saturated rings. The van der Waals surface area contributed by atoms with Crippen molar-refractivity contribution in [2.75, 3.05) is 37.6 Å². The summed E-state index contributed by atoms with van der Waals surface area (Å²) < 4.78 is 5.41. The molecule has 2 aliphatic heterocycles. The van der Waals surface area contributed by atoms with Gasteiger partial charge in [-0.1, -0.05) is 12.1 Å². The predicted octanol–water partition coefficient (Wildman–Crippen LogP) is 2.77. The highest BCUT2D eigenvalue weighted by Crippen LogP contribution is 2.21. The van der Waals surface area contributed by atoms with E-state index in [0.29, 0.717) is 50.7 Å². The van der Waals surface area contributed by atoms with Gasteiger partial charge in [-0.05, 0) is 49.6 Å². The van der Waals surface area contributed by atoms with Gasteiger partial charge in [-0.25, -0.2) is 4.79 Å². The smallest absolute Gasteiger partial charge is 0.317 e. The first kappa shape index (κ1) is 21.0. The minimum Gasteiger partial charge on any atom is -0.456 e. The third-order valence-corrected chi connectivity index (χ3v) is 5.82. The topological polar surface area (TPSA) is 86.1 Å². The van der Waals surface area contributed by atoms with Crippen LogP contribution in [0.3, 0.4) is 0 Å². The van der Waals surface area contributed by atoms with Crippen LogP contribution in [-0.2, 0) is 11.3 Å². The standard InChI is InChI=1S/C23H28N4O4/c1-17-5-10-20(31-17)22(29)25-12-14-26(15-13-25)23(30)24-16-18-6-8-19(9-7-18)27-11-3-2-4-21(27)28/h5-10H,2-4,11-16H2,1H3,(H,24,30). The molecule has 164 valence electrons. The van der Waals surface area contributed by atoms with Gasteiger partial charge in [-0.3, -0.25) is 9.59 Å². The maximum atomic E-state index is 12.5. The van der Waals surface area contributed by atoms with Crippen LogP contribution < -0.4 is 10.2 Å². The Bertz CT molecular complexity index is 945. The number of piperazine rings is 1. The highest BCUT2D eigenvalue weighted by atomic mass is 16.3. The number of aryl methyl sites for hydroxylation is 1. The van der Waals surface area contributed by atoms with Crippen LogP contribution >= 0.6 is 0 Å². The molecular weight excluding hydrogens is 396 g/mol. The molecule has 4 amide bonds. The molecule has 8 heteroatoms. The van der Waals surface area contributed by atoms with Crippen LogP contribution in [0.1, 0.15) is 41.1 Å². The van der Waals surface area contributed by atoms with Gasteiger partial charge < -0.3 is 24.4 Å². The lowest BCUT2D eigenvalue weighted by Gasteiger charge is -2.34. The fourth-order valence-electron chi connectivity index (χ4n) is 3.98. The Balaban J connectivity index is 1.24. The van der Waals surface area contributed by atoms with E-state index in [0.717, 1.165) is 30.6 Å². The highest BCUT2D eigenvalue weighted by Gasteiger charge is 2.26. The van der Waals surface area contributed by atoms with Crippen LogP contribution in [0.2, 0.25) is 0 Å². The van der Waals surface area contributed by atoms with Gasteiger partial charge in [0.25, 0.3) is 5.91 Å². The Labute approximate surface area is 181 Å². The van der Waals surface area contributed by atoms with Crippen molar-refractivity contribution in [2.24, 2.45) is 0 Å². The molecular formula is C23H28N4O4. The lowest BCUT2D eigenvalue weighted by Crippen LogP contribution is -2.53. The zero-order valence-corrected chi connectivity index (χ0v) is 17.8. The lowest BCUT2D eigenvalue weighted by molar-refractivity contribution is -0.119. The lowest BCUT2D eigenvalue weighted by atomic mass is 10.1. The van der Waals surface area contributed by atoms with E-state index in [1.165, 1.54) is 0 Å². The van der Waals surface area contributed by atoms with Crippen LogP contribution in [0.4, 0.5) is 10.5 Å². The minimum absolute atomic E-state index is 0.138. The van der Waals surface area contributed by atoms with E-state index in [9.17, 15) is 14.4 Å². The Morgan fingerprint density at radius 1 is 0.935 bits per heavy atom. The van der Waals surface area contributed by atoms with Gasteiger partial charge in [-0.2, -0.15) is 0 Å². The van der Waals surface area contributed by atoms with Gasteiger partial charge in [0.05, 0.1) is 0 Å². The summed E-state index contributed by atoms with van der Waals surface area (Å²) in [6.45, 7) is 4.90. The molecule has 2 aromatic rings. The number of piperidine rings is 1. The second-order valence-corrected chi connectivity index (χ2v) is 8.02. The zero-order valence-electron chi connectivity index (χ0n) is 17.8. The molecule has 2 aliphatic rings. The second kappa shape index (κ2) is 9.24. The number of nitrogens with zero attached hydrogens (tertiary/aromatic N) is 3. The molecule has 0 atom stereocenters. The summed E-state index contributed by atoms with van der Waals surface area (Å²) in [4.78, 5) is 42.3. The van der Waals surface area contributed by atoms with Crippen LogP contribution in [0.25, 0.3) is 0 Å². The fourth-order valence-corrected chi connectivity index (χ4v) is 3.98. The molecule has 0 spiro atoms. The van der Waals surface area contributed by atoms with Crippen LogP contribution in [-0.4, -0.2) is 60.4 Å². The van der Waals surface area contributed by atoms with Gasteiger partial charge >= 0.3 is 6.03 Å². The summed E-state index contributed by atoms with van der Waals surface area (Å²) >= 11 is 0. The molecule has 0 aliphatic carbocycles. The Hall–Kier alpha value is -3.29. The molecule has 4 rings (SSSR count). The average molecular weight is 425 g/mol. The first-order chi connectivity index (χ1) is 15.0. The van der Waals surface area contributed by atoms with Gasteiger partial charge in [0.15, 0.2) is 5.76 Å². The average Bonchev–Trinajstić information content (AvgIpc) is 3.24. The number of carbonyl (C=O) groups is 3. The quantitative estimate of drug-likeness (QED) is 0.818. The summed E-state index contributed by atoms with van der Waals surface area (Å²) in [5, 5.41) is 2.94. The van der Waals surface area contributed by atoms with Gasteiger partial charge in [0, 0.05) is 51.4 Å². The summed E-state index contributed by atoms with van der Waals surface area (Å²) in [6.07, 6.45) is 2.60. The van der Waals surface area contributed by atoms with Crippen molar-refractivity contribution in [3.05, 3.63) is 53.5 Å². The van der Waals surface area contributed by atoms with Crippen molar-refractivity contribution < 1.29 is 18.8 Å². The molecule has 1 aromatic carbocycles. The summed E-state index contributed by atoms with van der Waals surface area (Å²) in [6, 6.07) is 11.1. The van der Waals surface area contributed by atoms with Gasteiger partial charge in [0.1, 0.15) is 5.76 Å². The number of hydrogen-bond acceptors (Lipinski definition) is 4. The van der Waals surface area contributed by atoms with Crippen molar-refractivity contribution in [1.82, 2.24) is 15.1 Å². The number of rotatable bonds is 4. The molecule has 1 N–H and O–H groups in total. The van der Waals surface area contributed by atoms with Crippen molar-refractivity contribution in [1.29, 1.82) is 0 Å². The zero-order chi connectivity index (χ0) is 21.8. The molecule has 31 heavy (non-hydrogen) atoms. The Morgan fingerprint density at radius 2 is 1.65 bits per heavy atom. The van der Waals surface area contributed by atoms with E-state index in [1.54, 1.807) is 28.9 Å². The number of benzene rings is 1. The van der Waals surface area contributed by atoms with E-state index in [1.807, 2.05) is 29.2 Å². The third kappa shape index (κ3) is 4.90. The summed E-state index contributed by atoms with van der Waals surface area (Å²) in [7, 11) is 0. The maximum absolute atomic E-state index is 12.5. The maximum Gasteiger partial charge on any atom is 0.317 e. The SMILES string of the molecule is Cc1ccc(C(=O)N2CCN(C(=O)NCc3ccc(N4CCCCC4=O)cc3)CC2)o1. The number of hydrogen-bond donors (Lipinski definition) is 1. The van der Waals surface area contributed by atoms with E-state index in [-0.39, 0.29) is 17.8 Å². The fraction of sp³-hybridized carbons (Fsp3) is 0.435. The number of anilines is 1. The van der Waals surface area contributed by atoms with E-state index >= 15 is 0 Å². The van der Waals surface area contributed by atoms with Crippen molar-refractivity contribution in [2.45, 2.75) is 32.7 Å². The molecule has 8 nitrogen and oxygen atoms in total. The van der Waals surface area contributed by atoms with Crippen molar-refractivity contribution in [3.63, 3.8) is 0 Å². The molecule has 2 saturated heterocycles. The number of amides is 4. The van der Waals surface area contributed by atoms with E-state index in [2.05, 4.69) is 5.32 Å². The second-order valence-electron chi connectivity index (χ2n) is 8.02. The molecule has 1 aromatic heterocycles. The van der Waals surface area contributed by atoms with E-state index in [4.69, 9.17) is 4.42 Å². The van der Waals surface area contributed by atoms with E-state index < -0.39 is 0 Å². The monoisotopic (exact) mass is 424 g/mol. The largest absolute Gasteiger partial charge is 0.456 e. The summed E-state index contributed by atoms with van der Waals surface area (Å²) in [5.41, 5.74) is 1.89. The predicted molar refractivity (Wildman–Crippen MR) is 116 cm³/mol. The summed E-state index contributed by atoms with van der Waals surface area (Å²) in [5.74, 6) is 1.08. The van der Waals surface area contributed by atoms with Gasteiger partial charge in [-0.15, -0.1) is 0 Å². The number of carbonyl (C=O) groups excluding carboxylic acids is 3. The van der Waals surface area contributed by atoms with Crippen LogP contribution in [0.15, 0.2) is 40.8 Å². The van der Waals surface area contributed by atoms with Crippen LogP contribution in [0, 0.1) is 6.92 Å². The van der Waals surface area contributed by atoms with Crippen molar-refractivity contribution >= 4 is 23.5 Å². The molecule has 0 radical (unpaired) electrons. The first-order valence-corrected chi connectivity index (χ1v) is 10.8. The molecule has 0 unspecified atom stereocenters. The van der Waals surface area contributed by atoms with Crippen molar-refractivity contribution in [3.8, 4) is 0 Å². The number of furan rings is 1. The van der Waals surface area contributed by atoms with Gasteiger partial charge in [0.2, 0.25) is 5.91 Å². The number of nitrogens with one attached hydrogen (secondary N) is 1. The Kier molecular flexibility index (Phi) is 6.25. The number of urea groups is 1. The van der Waals surface area contributed by atoms with Crippen LogP contribution in [0.5, 0.6) is 0 Å². The Morgan fingerprint density at radius 3 is 2.29 bits per heavy atom. The molecule has 3 heterocycles. The molecule has 0 bridgehead atoms. The highest BCUT2D eigenvalue weighted by molar-refractivity contribution is 5.94. The normalized spacial score (nSPS) is 17.1.